The Morgan fingerprint density at radius 2 is 1.61 bits per heavy atom. The fraction of sp³-hybridized carbons (Fsp3) is 0.750. The molecule has 2 amide bonds. The van der Waals surface area contributed by atoms with Crippen molar-refractivity contribution in [3.8, 4) is 0 Å². The summed E-state index contributed by atoms with van der Waals surface area (Å²) in [5.41, 5.74) is 0. The van der Waals surface area contributed by atoms with Gasteiger partial charge in [0, 0.05) is 26.2 Å². The van der Waals surface area contributed by atoms with E-state index < -0.39 is 5.92 Å². The summed E-state index contributed by atoms with van der Waals surface area (Å²) in [6.07, 6.45) is 4.96. The summed E-state index contributed by atoms with van der Waals surface area (Å²) < 4.78 is 5.28. The van der Waals surface area contributed by atoms with Crippen molar-refractivity contribution in [2.45, 2.75) is 12.8 Å². The molecule has 0 saturated carbocycles. The lowest BCUT2D eigenvalue weighted by molar-refractivity contribution is -0.149. The molecule has 1 saturated heterocycles. The monoisotopic (exact) mass is 326 g/mol. The van der Waals surface area contributed by atoms with E-state index in [2.05, 4.69) is 0 Å². The highest BCUT2D eigenvalue weighted by atomic mass is 16.5. The van der Waals surface area contributed by atoms with Crippen LogP contribution in [0.1, 0.15) is 12.8 Å². The van der Waals surface area contributed by atoms with Gasteiger partial charge in [0.1, 0.15) is 0 Å². The largest absolute Gasteiger partial charge is 0.395 e. The molecule has 1 aliphatic carbocycles. The Hall–Kier alpha value is -1.44. The number of carbonyl (C=O) groups is 2. The van der Waals surface area contributed by atoms with Crippen LogP contribution in [-0.2, 0) is 14.3 Å². The molecule has 2 unspecified atom stereocenters. The molecule has 1 aliphatic heterocycles. The maximum atomic E-state index is 12.8. The van der Waals surface area contributed by atoms with E-state index in [0.717, 1.165) is 0 Å². The van der Waals surface area contributed by atoms with Crippen LogP contribution in [0.4, 0.5) is 0 Å². The van der Waals surface area contributed by atoms with Crippen LogP contribution in [0.2, 0.25) is 0 Å². The zero-order valence-corrected chi connectivity index (χ0v) is 13.4. The van der Waals surface area contributed by atoms with E-state index in [9.17, 15) is 9.59 Å². The fourth-order valence-corrected chi connectivity index (χ4v) is 3.19. The smallest absolute Gasteiger partial charge is 0.226 e. The number of ether oxygens (including phenoxy) is 1. The number of aliphatic hydroxyl groups excluding tert-OH is 2. The Morgan fingerprint density at radius 1 is 1.04 bits per heavy atom. The van der Waals surface area contributed by atoms with Gasteiger partial charge < -0.3 is 24.7 Å². The van der Waals surface area contributed by atoms with E-state index >= 15 is 0 Å². The quantitative estimate of drug-likeness (QED) is 0.626. The molecule has 23 heavy (non-hydrogen) atoms. The number of aliphatic hydroxyl groups is 2. The average Bonchev–Trinajstić information content (AvgIpc) is 2.61. The zero-order chi connectivity index (χ0) is 16.7. The second-order valence-electron chi connectivity index (χ2n) is 5.87. The first kappa shape index (κ1) is 17.9. The van der Waals surface area contributed by atoms with Gasteiger partial charge in [0.15, 0.2) is 0 Å². The second kappa shape index (κ2) is 9.00. The van der Waals surface area contributed by atoms with Crippen molar-refractivity contribution in [1.82, 2.24) is 9.80 Å². The first-order chi connectivity index (χ1) is 11.2. The summed E-state index contributed by atoms with van der Waals surface area (Å²) in [7, 11) is 0. The Kier molecular flexibility index (Phi) is 7.01. The molecule has 1 heterocycles. The lowest BCUT2D eigenvalue weighted by Crippen LogP contribution is -2.49. The van der Waals surface area contributed by atoms with E-state index in [1.165, 1.54) is 4.90 Å². The highest BCUT2D eigenvalue weighted by Gasteiger charge is 2.38. The first-order valence-corrected chi connectivity index (χ1v) is 8.21. The maximum absolute atomic E-state index is 12.8. The lowest BCUT2D eigenvalue weighted by atomic mass is 9.81. The van der Waals surface area contributed by atoms with E-state index in [1.54, 1.807) is 4.90 Å². The minimum Gasteiger partial charge on any atom is -0.395 e. The van der Waals surface area contributed by atoms with Gasteiger partial charge in [-0.3, -0.25) is 9.59 Å². The number of hydrogen-bond donors (Lipinski definition) is 2. The molecule has 0 bridgehead atoms. The minimum absolute atomic E-state index is 0.00365. The average molecular weight is 326 g/mol. The van der Waals surface area contributed by atoms with Gasteiger partial charge in [0.05, 0.1) is 38.3 Å². The Morgan fingerprint density at radius 3 is 2.17 bits per heavy atom. The third-order valence-corrected chi connectivity index (χ3v) is 4.44. The molecule has 0 aromatic rings. The third-order valence-electron chi connectivity index (χ3n) is 4.44. The Balaban J connectivity index is 2.09. The van der Waals surface area contributed by atoms with Crippen molar-refractivity contribution in [2.75, 3.05) is 52.6 Å². The molecule has 2 atom stereocenters. The van der Waals surface area contributed by atoms with Gasteiger partial charge in [-0.05, 0) is 12.8 Å². The predicted octanol–water partition coefficient (Wildman–Crippen LogP) is -0.759. The molecule has 2 N–H and O–H groups in total. The van der Waals surface area contributed by atoms with Crippen LogP contribution in [0.25, 0.3) is 0 Å². The molecule has 0 aromatic heterocycles. The molecular weight excluding hydrogens is 300 g/mol. The number of carbonyl (C=O) groups excluding carboxylic acids is 2. The number of hydrogen-bond acceptors (Lipinski definition) is 5. The first-order valence-electron chi connectivity index (χ1n) is 8.21. The number of amides is 2. The van der Waals surface area contributed by atoms with Gasteiger partial charge in [0.25, 0.3) is 0 Å². The highest BCUT2D eigenvalue weighted by Crippen LogP contribution is 2.29. The standard InChI is InChI=1S/C16H26N2O5/c19-9-5-17(6-10-20)15(21)13-3-1-2-4-14(13)16(22)18-7-11-23-12-8-18/h1-2,13-14,19-20H,3-12H2. The minimum atomic E-state index is -0.423. The van der Waals surface area contributed by atoms with Crippen LogP contribution < -0.4 is 0 Å². The van der Waals surface area contributed by atoms with Crippen molar-refractivity contribution in [1.29, 1.82) is 0 Å². The van der Waals surface area contributed by atoms with Gasteiger partial charge in [-0.25, -0.2) is 0 Å². The number of allylic oxidation sites excluding steroid dienone is 2. The topological polar surface area (TPSA) is 90.3 Å². The van der Waals surface area contributed by atoms with E-state index in [4.69, 9.17) is 14.9 Å². The summed E-state index contributed by atoms with van der Waals surface area (Å²) in [5.74, 6) is -0.952. The van der Waals surface area contributed by atoms with Gasteiger partial charge in [-0.2, -0.15) is 0 Å². The molecular formula is C16H26N2O5. The molecule has 2 aliphatic rings. The van der Waals surface area contributed by atoms with Crippen molar-refractivity contribution in [2.24, 2.45) is 11.8 Å². The second-order valence-corrected chi connectivity index (χ2v) is 5.87. The number of morpholine rings is 1. The van der Waals surface area contributed by atoms with Crippen LogP contribution in [0.15, 0.2) is 12.2 Å². The Bertz CT molecular complexity index is 428. The van der Waals surface area contributed by atoms with Crippen LogP contribution in [-0.4, -0.2) is 84.4 Å². The zero-order valence-electron chi connectivity index (χ0n) is 13.4. The van der Waals surface area contributed by atoms with Crippen LogP contribution in [0, 0.1) is 11.8 Å². The fourth-order valence-electron chi connectivity index (χ4n) is 3.19. The molecule has 7 nitrogen and oxygen atoms in total. The summed E-state index contributed by atoms with van der Waals surface area (Å²) in [4.78, 5) is 28.7. The molecule has 130 valence electrons. The van der Waals surface area contributed by atoms with E-state index in [0.29, 0.717) is 39.1 Å². The number of rotatable bonds is 6. The van der Waals surface area contributed by atoms with E-state index in [-0.39, 0.29) is 44.0 Å². The van der Waals surface area contributed by atoms with Crippen LogP contribution in [0.5, 0.6) is 0 Å². The maximum Gasteiger partial charge on any atom is 0.226 e. The van der Waals surface area contributed by atoms with Gasteiger partial charge in [-0.15, -0.1) is 0 Å². The SMILES string of the molecule is O=C(C1CC=CCC1C(=O)N1CCOCC1)N(CCO)CCO. The van der Waals surface area contributed by atoms with Gasteiger partial charge >= 0.3 is 0 Å². The summed E-state index contributed by atoms with van der Waals surface area (Å²) >= 11 is 0. The normalized spacial score (nSPS) is 24.5. The van der Waals surface area contributed by atoms with Crippen molar-refractivity contribution >= 4 is 11.8 Å². The Labute approximate surface area is 136 Å². The third kappa shape index (κ3) is 4.53. The summed E-state index contributed by atoms with van der Waals surface area (Å²) in [6.45, 7) is 2.25. The van der Waals surface area contributed by atoms with Crippen LogP contribution >= 0.6 is 0 Å². The van der Waals surface area contributed by atoms with Crippen LogP contribution in [0.3, 0.4) is 0 Å². The molecule has 0 radical (unpaired) electrons. The molecule has 1 fully saturated rings. The van der Waals surface area contributed by atoms with Gasteiger partial charge in [0.2, 0.25) is 11.8 Å². The predicted molar refractivity (Wildman–Crippen MR) is 83.5 cm³/mol. The molecule has 0 aromatic carbocycles. The summed E-state index contributed by atoms with van der Waals surface area (Å²) in [5, 5.41) is 18.2. The summed E-state index contributed by atoms with van der Waals surface area (Å²) in [6, 6.07) is 0. The van der Waals surface area contributed by atoms with Crippen molar-refractivity contribution in [3.05, 3.63) is 12.2 Å². The van der Waals surface area contributed by atoms with Gasteiger partial charge in [-0.1, -0.05) is 12.2 Å². The van der Waals surface area contributed by atoms with Crippen molar-refractivity contribution < 1.29 is 24.5 Å². The highest BCUT2D eigenvalue weighted by molar-refractivity contribution is 5.88. The van der Waals surface area contributed by atoms with Crippen molar-refractivity contribution in [3.63, 3.8) is 0 Å². The molecule has 2 rings (SSSR count). The molecule has 7 heteroatoms. The number of nitrogens with zero attached hydrogens (tertiary/aromatic N) is 2. The lowest BCUT2D eigenvalue weighted by Gasteiger charge is -2.36. The molecule has 0 spiro atoms. The van der Waals surface area contributed by atoms with E-state index in [1.807, 2.05) is 12.2 Å².